The average Bonchev–Trinajstić information content (AvgIpc) is 2.57. The highest BCUT2D eigenvalue weighted by Gasteiger charge is 2.10. The van der Waals surface area contributed by atoms with Gasteiger partial charge in [0.15, 0.2) is 0 Å². The highest BCUT2D eigenvalue weighted by Crippen LogP contribution is 2.17. The van der Waals surface area contributed by atoms with Crippen LogP contribution >= 0.6 is 0 Å². The zero-order valence-electron chi connectivity index (χ0n) is 14.9. The van der Waals surface area contributed by atoms with Crippen molar-refractivity contribution in [2.45, 2.75) is 46.0 Å². The Labute approximate surface area is 147 Å². The smallest absolute Gasteiger partial charge is 0.278 e. The molecule has 0 saturated heterocycles. The van der Waals surface area contributed by atoms with Crippen LogP contribution in [0.3, 0.4) is 0 Å². The molecule has 6 heteroatoms. The molecule has 0 saturated carbocycles. The Morgan fingerprint density at radius 2 is 1.84 bits per heavy atom. The van der Waals surface area contributed by atoms with Crippen molar-refractivity contribution in [1.29, 1.82) is 0 Å². The summed E-state index contributed by atoms with van der Waals surface area (Å²) in [6, 6.07) is 8.12. The molecule has 25 heavy (non-hydrogen) atoms. The molecule has 0 bridgehead atoms. The summed E-state index contributed by atoms with van der Waals surface area (Å²) in [4.78, 5) is 23.4. The number of nitrogens with zero attached hydrogens (tertiary/aromatic N) is 2. The molecule has 0 amide bonds. The van der Waals surface area contributed by atoms with E-state index >= 15 is 0 Å². The topological polar surface area (TPSA) is 104 Å². The van der Waals surface area contributed by atoms with Gasteiger partial charge in [0, 0.05) is 12.3 Å². The van der Waals surface area contributed by atoms with Gasteiger partial charge in [-0.25, -0.2) is 9.98 Å². The maximum atomic E-state index is 12.2. The fourth-order valence-electron chi connectivity index (χ4n) is 2.64. The average molecular weight is 342 g/mol. The number of nitrogens with two attached hydrogens (primary N) is 1. The first-order chi connectivity index (χ1) is 12.0. The predicted octanol–water partition coefficient (Wildman–Crippen LogP) is 3.03. The number of unbranched alkanes of at least 4 members (excludes halogenated alkanes) is 3. The van der Waals surface area contributed by atoms with Crippen LogP contribution in [0.25, 0.3) is 0 Å². The van der Waals surface area contributed by atoms with Crippen LogP contribution in [-0.2, 0) is 0 Å². The van der Waals surface area contributed by atoms with Crippen LogP contribution in [0.2, 0.25) is 0 Å². The zero-order valence-corrected chi connectivity index (χ0v) is 14.9. The lowest BCUT2D eigenvalue weighted by molar-refractivity contribution is 0.283. The molecule has 1 aromatic carbocycles. The molecule has 1 aromatic heterocycles. The minimum absolute atomic E-state index is 0.0994. The third kappa shape index (κ3) is 5.53. The number of aliphatic hydroxyl groups excluding tert-OH is 1. The molecule has 6 nitrogen and oxygen atoms in total. The first-order valence-electron chi connectivity index (χ1n) is 8.63. The minimum atomic E-state index is -0.324. The lowest BCUT2D eigenvalue weighted by Crippen LogP contribution is -2.13. The van der Waals surface area contributed by atoms with E-state index in [1.807, 2.05) is 31.2 Å². The van der Waals surface area contributed by atoms with E-state index in [1.165, 1.54) is 5.56 Å². The molecular formula is C19H26N4O2. The van der Waals surface area contributed by atoms with Gasteiger partial charge in [0.2, 0.25) is 5.95 Å². The van der Waals surface area contributed by atoms with E-state index in [0.717, 1.165) is 43.4 Å². The van der Waals surface area contributed by atoms with Gasteiger partial charge >= 0.3 is 0 Å². The lowest BCUT2D eigenvalue weighted by Gasteiger charge is -2.09. The van der Waals surface area contributed by atoms with Crippen LogP contribution in [0.4, 0.5) is 11.6 Å². The molecule has 0 fully saturated rings. The fraction of sp³-hybridized carbons (Fsp3) is 0.421. The summed E-state index contributed by atoms with van der Waals surface area (Å²) in [5, 5.41) is 8.88. The highest BCUT2D eigenvalue weighted by molar-refractivity contribution is 6.02. The Bertz CT molecular complexity index is 779. The Balaban J connectivity index is 2.30. The Hall–Kier alpha value is -2.47. The number of anilines is 1. The molecular weight excluding hydrogens is 316 g/mol. The largest absolute Gasteiger partial charge is 0.396 e. The first-order valence-corrected chi connectivity index (χ1v) is 8.63. The number of benzene rings is 1. The summed E-state index contributed by atoms with van der Waals surface area (Å²) in [5.41, 5.74) is 9.12. The number of nitrogens with one attached hydrogen (secondary N) is 1. The van der Waals surface area contributed by atoms with Crippen molar-refractivity contribution in [2.75, 3.05) is 12.3 Å². The van der Waals surface area contributed by atoms with Gasteiger partial charge in [-0.15, -0.1) is 0 Å². The molecule has 2 rings (SSSR count). The summed E-state index contributed by atoms with van der Waals surface area (Å²) < 4.78 is 0. The van der Waals surface area contributed by atoms with Crippen molar-refractivity contribution >= 4 is 17.3 Å². The summed E-state index contributed by atoms with van der Waals surface area (Å²) >= 11 is 0. The van der Waals surface area contributed by atoms with Gasteiger partial charge < -0.3 is 10.8 Å². The molecule has 0 aliphatic carbocycles. The summed E-state index contributed by atoms with van der Waals surface area (Å²) in [6.45, 7) is 4.00. The van der Waals surface area contributed by atoms with Crippen LogP contribution in [0.1, 0.15) is 48.9 Å². The summed E-state index contributed by atoms with van der Waals surface area (Å²) in [5.74, 6) is 0.0994. The van der Waals surface area contributed by atoms with Crippen molar-refractivity contribution in [1.82, 2.24) is 9.97 Å². The number of aromatic nitrogens is 2. The third-order valence-corrected chi connectivity index (χ3v) is 4.04. The second-order valence-electron chi connectivity index (χ2n) is 6.20. The maximum Gasteiger partial charge on any atom is 0.278 e. The molecule has 0 radical (unpaired) electrons. The van der Waals surface area contributed by atoms with E-state index in [4.69, 9.17) is 10.8 Å². The molecule has 2 aromatic rings. The van der Waals surface area contributed by atoms with Crippen LogP contribution in [0, 0.1) is 13.8 Å². The maximum absolute atomic E-state index is 12.2. The molecule has 0 aliphatic rings. The number of hydrogen-bond acceptors (Lipinski definition) is 5. The minimum Gasteiger partial charge on any atom is -0.396 e. The van der Waals surface area contributed by atoms with Gasteiger partial charge in [-0.3, -0.25) is 9.78 Å². The first kappa shape index (κ1) is 18.9. The van der Waals surface area contributed by atoms with Gasteiger partial charge in [-0.1, -0.05) is 42.7 Å². The van der Waals surface area contributed by atoms with Gasteiger partial charge in [0.05, 0.1) is 5.69 Å². The number of rotatable bonds is 8. The molecule has 4 N–H and O–H groups in total. The van der Waals surface area contributed by atoms with Crippen molar-refractivity contribution in [3.63, 3.8) is 0 Å². The van der Waals surface area contributed by atoms with Crippen LogP contribution in [-0.4, -0.2) is 27.4 Å². The molecule has 0 aliphatic heterocycles. The Kier molecular flexibility index (Phi) is 6.89. The SMILES string of the molecule is Cc1ccc(C(CCCCCCO)=Nc2c(C)nc(N)[nH]c2=O)cc1. The second-order valence-corrected chi connectivity index (χ2v) is 6.20. The van der Waals surface area contributed by atoms with Gasteiger partial charge in [0.1, 0.15) is 5.69 Å². The zero-order chi connectivity index (χ0) is 18.2. The molecule has 0 spiro atoms. The fourth-order valence-corrected chi connectivity index (χ4v) is 2.64. The monoisotopic (exact) mass is 342 g/mol. The number of aliphatic hydroxyl groups is 1. The van der Waals surface area contributed by atoms with Crippen LogP contribution in [0.5, 0.6) is 0 Å². The van der Waals surface area contributed by atoms with E-state index in [2.05, 4.69) is 15.0 Å². The number of aromatic amines is 1. The van der Waals surface area contributed by atoms with E-state index in [1.54, 1.807) is 6.92 Å². The van der Waals surface area contributed by atoms with Crippen molar-refractivity contribution in [2.24, 2.45) is 4.99 Å². The number of hydrogen-bond donors (Lipinski definition) is 3. The Morgan fingerprint density at radius 1 is 1.16 bits per heavy atom. The van der Waals surface area contributed by atoms with E-state index in [-0.39, 0.29) is 18.1 Å². The van der Waals surface area contributed by atoms with Gasteiger partial charge in [-0.2, -0.15) is 0 Å². The number of nitrogen functional groups attached to an aromatic ring is 1. The second kappa shape index (κ2) is 9.13. The Morgan fingerprint density at radius 3 is 2.48 bits per heavy atom. The van der Waals surface area contributed by atoms with Crippen LogP contribution < -0.4 is 11.3 Å². The molecule has 0 unspecified atom stereocenters. The van der Waals surface area contributed by atoms with E-state index < -0.39 is 0 Å². The van der Waals surface area contributed by atoms with Crippen LogP contribution in [0.15, 0.2) is 34.1 Å². The highest BCUT2D eigenvalue weighted by atomic mass is 16.2. The lowest BCUT2D eigenvalue weighted by atomic mass is 10.0. The predicted molar refractivity (Wildman–Crippen MR) is 102 cm³/mol. The van der Waals surface area contributed by atoms with Crippen molar-refractivity contribution in [3.05, 3.63) is 51.4 Å². The number of aliphatic imine (C=N–C) groups is 1. The summed E-state index contributed by atoms with van der Waals surface area (Å²) in [7, 11) is 0. The normalized spacial score (nSPS) is 11.7. The van der Waals surface area contributed by atoms with Gasteiger partial charge in [-0.05, 0) is 38.7 Å². The van der Waals surface area contributed by atoms with E-state index in [0.29, 0.717) is 11.4 Å². The van der Waals surface area contributed by atoms with Crippen molar-refractivity contribution < 1.29 is 5.11 Å². The molecule has 1 heterocycles. The quantitative estimate of drug-likeness (QED) is 0.506. The molecule has 134 valence electrons. The molecule has 0 atom stereocenters. The van der Waals surface area contributed by atoms with Crippen molar-refractivity contribution in [3.8, 4) is 0 Å². The number of aryl methyl sites for hydroxylation is 2. The van der Waals surface area contributed by atoms with E-state index in [9.17, 15) is 4.79 Å². The standard InChI is InChI=1S/C19H26N4O2/c1-13-8-10-15(11-9-13)16(7-5-3-4-6-12-24)22-17-14(2)21-19(20)23-18(17)25/h8-11,24H,3-7,12H2,1-2H3,(H3,20,21,23,25). The third-order valence-electron chi connectivity index (χ3n) is 4.04. The summed E-state index contributed by atoms with van der Waals surface area (Å²) in [6.07, 6.45) is 4.53. The van der Waals surface area contributed by atoms with Gasteiger partial charge in [0.25, 0.3) is 5.56 Å². The number of H-pyrrole nitrogens is 1.